The van der Waals surface area contributed by atoms with Crippen LogP contribution in [0.15, 0.2) is 29.5 Å². The first-order valence-corrected chi connectivity index (χ1v) is 21.8. The van der Waals surface area contributed by atoms with E-state index in [1.807, 2.05) is 6.08 Å². The van der Waals surface area contributed by atoms with Gasteiger partial charge in [0.1, 0.15) is 0 Å². The number of carboxylic acids is 1. The molecule has 2 aliphatic rings. The normalized spacial score (nSPS) is 22.4. The van der Waals surface area contributed by atoms with Crippen LogP contribution in [0.1, 0.15) is 119 Å². The van der Waals surface area contributed by atoms with Crippen LogP contribution in [-0.2, 0) is 13.6 Å². The van der Waals surface area contributed by atoms with Crippen LogP contribution in [0.25, 0.3) is 0 Å². The molecule has 1 saturated carbocycles. The van der Waals surface area contributed by atoms with Crippen molar-refractivity contribution in [2.24, 2.45) is 11.8 Å². The van der Waals surface area contributed by atoms with E-state index in [-0.39, 0.29) is 23.2 Å². The highest BCUT2D eigenvalue weighted by Crippen LogP contribution is 2.47. The summed E-state index contributed by atoms with van der Waals surface area (Å²) in [6.07, 6.45) is 18.2. The zero-order chi connectivity index (χ0) is 30.0. The molecule has 0 amide bonds. The van der Waals surface area contributed by atoms with Gasteiger partial charge in [-0.2, -0.15) is 0 Å². The second-order valence-electron chi connectivity index (χ2n) is 14.3. The van der Waals surface area contributed by atoms with E-state index >= 15 is 0 Å². The number of hydrogen-bond acceptors (Lipinski definition) is 3. The molecule has 0 aromatic rings. The maximum atomic E-state index is 10.8. The number of rotatable bonds is 16. The lowest BCUT2D eigenvalue weighted by atomic mass is 9.75. The summed E-state index contributed by atoms with van der Waals surface area (Å²) in [5.41, 5.74) is 4.58. The van der Waals surface area contributed by atoms with Gasteiger partial charge in [-0.25, -0.2) is 0 Å². The van der Waals surface area contributed by atoms with E-state index in [0.717, 1.165) is 32.1 Å². The Morgan fingerprint density at radius 1 is 1.05 bits per heavy atom. The molecule has 0 spiro atoms. The SMILES string of the molecule is CC[Si](CC)(CC)O[C@H]1CC=C(CC[C@](C)(O[Si](C)(C)C(C)(C)C)C2CCCCC2)[C@H]1CCC=C=CCC(=O)O. The van der Waals surface area contributed by atoms with E-state index in [1.165, 1.54) is 50.2 Å². The van der Waals surface area contributed by atoms with Crippen molar-refractivity contribution in [1.29, 1.82) is 0 Å². The summed E-state index contributed by atoms with van der Waals surface area (Å²) in [4.78, 5) is 10.8. The first kappa shape index (κ1) is 35.3. The zero-order valence-corrected chi connectivity index (χ0v) is 29.5. The van der Waals surface area contributed by atoms with E-state index in [2.05, 4.69) is 73.4 Å². The molecular formula is C34H62O4Si2. The lowest BCUT2D eigenvalue weighted by Gasteiger charge is -2.49. The predicted molar refractivity (Wildman–Crippen MR) is 175 cm³/mol. The van der Waals surface area contributed by atoms with Gasteiger partial charge in [-0.15, -0.1) is 5.73 Å². The molecule has 4 nitrogen and oxygen atoms in total. The van der Waals surface area contributed by atoms with E-state index in [9.17, 15) is 4.79 Å². The smallest absolute Gasteiger partial charge is 0.307 e. The Hall–Kier alpha value is -0.916. The van der Waals surface area contributed by atoms with E-state index < -0.39 is 22.6 Å². The molecule has 0 bridgehead atoms. The molecule has 0 aromatic carbocycles. The average Bonchev–Trinajstić information content (AvgIpc) is 3.28. The van der Waals surface area contributed by atoms with Crippen molar-refractivity contribution in [3.63, 3.8) is 0 Å². The van der Waals surface area contributed by atoms with Crippen LogP contribution < -0.4 is 0 Å². The van der Waals surface area contributed by atoms with Crippen molar-refractivity contribution in [3.05, 3.63) is 29.5 Å². The van der Waals surface area contributed by atoms with Gasteiger partial charge in [0.25, 0.3) is 0 Å². The third-order valence-electron chi connectivity index (χ3n) is 10.7. The summed E-state index contributed by atoms with van der Waals surface area (Å²) >= 11 is 0. The molecule has 1 N–H and O–H groups in total. The Balaban J connectivity index is 2.25. The number of hydrogen-bond donors (Lipinski definition) is 1. The fourth-order valence-electron chi connectivity index (χ4n) is 6.69. The Morgan fingerprint density at radius 3 is 2.23 bits per heavy atom. The highest BCUT2D eigenvalue weighted by Gasteiger charge is 2.46. The first-order chi connectivity index (χ1) is 18.7. The maximum absolute atomic E-state index is 10.8. The van der Waals surface area contributed by atoms with Gasteiger partial charge in [0, 0.05) is 5.92 Å². The van der Waals surface area contributed by atoms with Crippen LogP contribution in [0, 0.1) is 11.8 Å². The molecule has 0 heterocycles. The van der Waals surface area contributed by atoms with Gasteiger partial charge in [-0.1, -0.05) is 72.5 Å². The van der Waals surface area contributed by atoms with Crippen molar-refractivity contribution in [3.8, 4) is 0 Å². The van der Waals surface area contributed by atoms with Crippen LogP contribution >= 0.6 is 0 Å². The molecule has 0 unspecified atom stereocenters. The second kappa shape index (κ2) is 15.5. The topological polar surface area (TPSA) is 55.8 Å². The van der Waals surface area contributed by atoms with Crippen LogP contribution in [0.4, 0.5) is 0 Å². The van der Waals surface area contributed by atoms with Crippen LogP contribution in [0.3, 0.4) is 0 Å². The lowest BCUT2D eigenvalue weighted by molar-refractivity contribution is -0.136. The molecule has 2 rings (SSSR count). The van der Waals surface area contributed by atoms with Gasteiger partial charge >= 0.3 is 5.97 Å². The maximum Gasteiger partial charge on any atom is 0.307 e. The molecule has 0 radical (unpaired) electrons. The number of carboxylic acid groups (broad SMARTS) is 1. The Bertz CT molecular complexity index is 878. The minimum absolute atomic E-state index is 0.0302. The average molecular weight is 591 g/mol. The summed E-state index contributed by atoms with van der Waals surface area (Å²) in [5, 5.41) is 9.11. The highest BCUT2D eigenvalue weighted by molar-refractivity contribution is 6.74. The molecule has 3 atom stereocenters. The summed E-state index contributed by atoms with van der Waals surface area (Å²) in [6, 6.07) is 3.53. The van der Waals surface area contributed by atoms with E-state index in [1.54, 1.807) is 11.6 Å². The molecular weight excluding hydrogens is 529 g/mol. The Labute approximate surface area is 249 Å². The van der Waals surface area contributed by atoms with Crippen molar-refractivity contribution >= 4 is 22.6 Å². The van der Waals surface area contributed by atoms with Gasteiger partial charge in [-0.3, -0.25) is 4.79 Å². The minimum atomic E-state index is -1.92. The minimum Gasteiger partial charge on any atom is -0.481 e. The van der Waals surface area contributed by atoms with Crippen LogP contribution in [-0.4, -0.2) is 39.4 Å². The standard InChI is InChI=1S/C34H62O4Si2/c1-10-40(11-2,12-3)37-31-25-24-28(30(31)22-18-13-14-19-23-32(35)36)26-27-34(7,29-20-16-15-17-21-29)38-39(8,9)33(4,5)6/h13,19,24,29-31H,10-12,15-18,20-23,25-27H2,1-9H3,(H,35,36)/t14?,30-,31+,34+/m1/s1. The summed E-state index contributed by atoms with van der Waals surface area (Å²) in [5.74, 6) is 0.263. The molecule has 0 saturated heterocycles. The van der Waals surface area contributed by atoms with E-state index in [4.69, 9.17) is 14.0 Å². The van der Waals surface area contributed by atoms with E-state index in [0.29, 0.717) is 11.8 Å². The monoisotopic (exact) mass is 590 g/mol. The summed E-state index contributed by atoms with van der Waals surface area (Å²) in [6.45, 7) is 21.3. The molecule has 40 heavy (non-hydrogen) atoms. The van der Waals surface area contributed by atoms with Crippen molar-refractivity contribution in [2.45, 2.75) is 167 Å². The highest BCUT2D eigenvalue weighted by atomic mass is 28.4. The Kier molecular flexibility index (Phi) is 13.7. The molecule has 230 valence electrons. The Morgan fingerprint density at radius 2 is 1.68 bits per heavy atom. The van der Waals surface area contributed by atoms with Gasteiger partial charge < -0.3 is 14.0 Å². The molecule has 6 heteroatoms. The second-order valence-corrected chi connectivity index (χ2v) is 23.7. The fourth-order valence-corrected chi connectivity index (χ4v) is 11.3. The molecule has 0 aliphatic heterocycles. The summed E-state index contributed by atoms with van der Waals surface area (Å²) in [7, 11) is -3.63. The van der Waals surface area contributed by atoms with Gasteiger partial charge in [-0.05, 0) is 106 Å². The predicted octanol–water partition coefficient (Wildman–Crippen LogP) is 10.4. The van der Waals surface area contributed by atoms with Crippen molar-refractivity contribution in [1.82, 2.24) is 0 Å². The largest absolute Gasteiger partial charge is 0.481 e. The summed E-state index contributed by atoms with van der Waals surface area (Å²) < 4.78 is 14.5. The van der Waals surface area contributed by atoms with Crippen LogP contribution in [0.2, 0.25) is 36.3 Å². The fraction of sp³-hybridized carbons (Fsp3) is 0.824. The quantitative estimate of drug-likeness (QED) is 0.110. The third kappa shape index (κ3) is 9.83. The van der Waals surface area contributed by atoms with Gasteiger partial charge in [0.05, 0.1) is 18.1 Å². The van der Waals surface area contributed by atoms with Gasteiger partial charge in [0.15, 0.2) is 16.6 Å². The van der Waals surface area contributed by atoms with Gasteiger partial charge in [0.2, 0.25) is 0 Å². The third-order valence-corrected chi connectivity index (χ3v) is 19.9. The zero-order valence-electron chi connectivity index (χ0n) is 27.5. The lowest BCUT2D eigenvalue weighted by Crippen LogP contribution is -2.52. The number of carbonyl (C=O) groups is 1. The molecule has 2 aliphatic carbocycles. The number of aliphatic carboxylic acids is 1. The van der Waals surface area contributed by atoms with Crippen LogP contribution in [0.5, 0.6) is 0 Å². The molecule has 0 aromatic heterocycles. The van der Waals surface area contributed by atoms with Crippen molar-refractivity contribution in [2.75, 3.05) is 0 Å². The first-order valence-electron chi connectivity index (χ1n) is 16.4. The molecule has 1 fully saturated rings. The van der Waals surface area contributed by atoms with Crippen molar-refractivity contribution < 1.29 is 18.8 Å².